The molecule has 0 aliphatic carbocycles. The van der Waals surface area contributed by atoms with Crippen LogP contribution in [0.3, 0.4) is 0 Å². The van der Waals surface area contributed by atoms with E-state index in [2.05, 4.69) is 54.6 Å². The number of rotatable bonds is 5. The van der Waals surface area contributed by atoms with Crippen molar-refractivity contribution in [1.29, 1.82) is 0 Å². The Hall–Kier alpha value is -1.87. The SMILES string of the molecule is CNC(=O)Cc1ccc2cc(CCN(C)C)ccc2c1. The molecule has 2 aromatic rings. The zero-order valence-electron chi connectivity index (χ0n) is 12.4. The molecule has 20 heavy (non-hydrogen) atoms. The van der Waals surface area contributed by atoms with Crippen molar-refractivity contribution in [2.24, 2.45) is 0 Å². The summed E-state index contributed by atoms with van der Waals surface area (Å²) in [5.74, 6) is 0.0481. The Morgan fingerprint density at radius 1 is 1.05 bits per heavy atom. The summed E-state index contributed by atoms with van der Waals surface area (Å²) in [6.07, 6.45) is 1.50. The standard InChI is InChI=1S/C17H22N2O/c1-18-17(20)12-14-5-7-15-10-13(8-9-19(2)3)4-6-16(15)11-14/h4-7,10-11H,8-9,12H2,1-3H3,(H,18,20). The quantitative estimate of drug-likeness (QED) is 0.903. The topological polar surface area (TPSA) is 32.3 Å². The Morgan fingerprint density at radius 3 is 2.25 bits per heavy atom. The van der Waals surface area contributed by atoms with Crippen LogP contribution in [0.1, 0.15) is 11.1 Å². The summed E-state index contributed by atoms with van der Waals surface area (Å²) in [5, 5.41) is 5.09. The fourth-order valence-corrected chi connectivity index (χ4v) is 2.24. The first-order valence-electron chi connectivity index (χ1n) is 6.95. The molecule has 0 radical (unpaired) electrons. The number of amides is 1. The normalized spacial score (nSPS) is 11.0. The zero-order chi connectivity index (χ0) is 14.5. The van der Waals surface area contributed by atoms with Crippen LogP contribution in [0.4, 0.5) is 0 Å². The molecule has 106 valence electrons. The van der Waals surface area contributed by atoms with E-state index in [1.165, 1.54) is 16.3 Å². The lowest BCUT2D eigenvalue weighted by Crippen LogP contribution is -2.19. The highest BCUT2D eigenvalue weighted by atomic mass is 16.1. The highest BCUT2D eigenvalue weighted by Gasteiger charge is 2.03. The third-order valence-electron chi connectivity index (χ3n) is 3.46. The molecule has 0 aliphatic rings. The second kappa shape index (κ2) is 6.53. The lowest BCUT2D eigenvalue weighted by Gasteiger charge is -2.10. The third-order valence-corrected chi connectivity index (χ3v) is 3.46. The molecule has 0 heterocycles. The van der Waals surface area contributed by atoms with E-state index in [9.17, 15) is 4.79 Å². The van der Waals surface area contributed by atoms with Crippen molar-refractivity contribution in [2.45, 2.75) is 12.8 Å². The van der Waals surface area contributed by atoms with Crippen molar-refractivity contribution in [3.63, 3.8) is 0 Å². The molecule has 1 N–H and O–H groups in total. The van der Waals surface area contributed by atoms with Crippen LogP contribution < -0.4 is 5.32 Å². The number of benzene rings is 2. The molecule has 0 spiro atoms. The van der Waals surface area contributed by atoms with E-state index in [0.29, 0.717) is 6.42 Å². The molecule has 0 saturated heterocycles. The van der Waals surface area contributed by atoms with E-state index in [1.54, 1.807) is 7.05 Å². The Kier molecular flexibility index (Phi) is 4.74. The summed E-state index contributed by atoms with van der Waals surface area (Å²) in [6.45, 7) is 1.06. The molecule has 1 amide bonds. The molecule has 0 aliphatic heterocycles. The lowest BCUT2D eigenvalue weighted by molar-refractivity contribution is -0.119. The summed E-state index contributed by atoms with van der Waals surface area (Å²) in [5.41, 5.74) is 2.41. The van der Waals surface area contributed by atoms with Crippen LogP contribution in [0, 0.1) is 0 Å². The Balaban J connectivity index is 2.18. The molecule has 2 rings (SSSR count). The van der Waals surface area contributed by atoms with E-state index >= 15 is 0 Å². The van der Waals surface area contributed by atoms with E-state index in [0.717, 1.165) is 18.5 Å². The minimum Gasteiger partial charge on any atom is -0.359 e. The van der Waals surface area contributed by atoms with Gasteiger partial charge < -0.3 is 10.2 Å². The zero-order valence-corrected chi connectivity index (χ0v) is 12.4. The first-order chi connectivity index (χ1) is 9.58. The summed E-state index contributed by atoms with van der Waals surface area (Å²) < 4.78 is 0. The van der Waals surface area contributed by atoms with E-state index in [1.807, 2.05) is 6.07 Å². The average Bonchev–Trinajstić information content (AvgIpc) is 2.44. The van der Waals surface area contributed by atoms with Crippen molar-refractivity contribution < 1.29 is 4.79 Å². The van der Waals surface area contributed by atoms with Gasteiger partial charge in [-0.05, 0) is 42.4 Å². The molecule has 3 nitrogen and oxygen atoms in total. The first kappa shape index (κ1) is 14.5. The monoisotopic (exact) mass is 270 g/mol. The molecule has 3 heteroatoms. The van der Waals surface area contributed by atoms with Gasteiger partial charge in [-0.3, -0.25) is 4.79 Å². The lowest BCUT2D eigenvalue weighted by atomic mass is 10.0. The number of hydrogen-bond acceptors (Lipinski definition) is 2. The molecule has 0 fully saturated rings. The van der Waals surface area contributed by atoms with Gasteiger partial charge in [0.05, 0.1) is 6.42 Å². The average molecular weight is 270 g/mol. The first-order valence-corrected chi connectivity index (χ1v) is 6.95. The van der Waals surface area contributed by atoms with Gasteiger partial charge in [-0.25, -0.2) is 0 Å². The summed E-state index contributed by atoms with van der Waals surface area (Å²) >= 11 is 0. The summed E-state index contributed by atoms with van der Waals surface area (Å²) in [6, 6.07) is 12.8. The highest BCUT2D eigenvalue weighted by Crippen LogP contribution is 2.19. The van der Waals surface area contributed by atoms with Crippen molar-refractivity contribution in [3.05, 3.63) is 47.5 Å². The molecular weight excluding hydrogens is 248 g/mol. The number of carbonyl (C=O) groups excluding carboxylic acids is 1. The predicted octanol–water partition coefficient (Wildman–Crippen LogP) is 2.23. The fourth-order valence-electron chi connectivity index (χ4n) is 2.24. The van der Waals surface area contributed by atoms with E-state index < -0.39 is 0 Å². The molecule has 2 aromatic carbocycles. The number of likely N-dealkylation sites (N-methyl/N-ethyl adjacent to an activating group) is 2. The van der Waals surface area contributed by atoms with Gasteiger partial charge in [-0.2, -0.15) is 0 Å². The number of fused-ring (bicyclic) bond motifs is 1. The molecule has 0 bridgehead atoms. The van der Waals surface area contributed by atoms with Gasteiger partial charge in [0.25, 0.3) is 0 Å². The maximum atomic E-state index is 11.4. The molecule has 0 atom stereocenters. The van der Waals surface area contributed by atoms with E-state index in [4.69, 9.17) is 0 Å². The third kappa shape index (κ3) is 3.81. The maximum absolute atomic E-state index is 11.4. The maximum Gasteiger partial charge on any atom is 0.224 e. The van der Waals surface area contributed by atoms with Crippen LogP contribution in [0.5, 0.6) is 0 Å². The Bertz CT molecular complexity index is 605. The predicted molar refractivity (Wildman–Crippen MR) is 84.0 cm³/mol. The van der Waals surface area contributed by atoms with Gasteiger partial charge in [-0.15, -0.1) is 0 Å². The smallest absolute Gasteiger partial charge is 0.224 e. The Labute approximate surface area is 120 Å². The van der Waals surface area contributed by atoms with Crippen LogP contribution >= 0.6 is 0 Å². The van der Waals surface area contributed by atoms with Crippen LogP contribution in [-0.4, -0.2) is 38.5 Å². The molecule has 0 saturated carbocycles. The van der Waals surface area contributed by atoms with Gasteiger partial charge in [0.2, 0.25) is 5.91 Å². The second-order valence-corrected chi connectivity index (χ2v) is 5.42. The van der Waals surface area contributed by atoms with Crippen LogP contribution in [0.25, 0.3) is 10.8 Å². The number of carbonyl (C=O) groups is 1. The molecular formula is C17H22N2O. The van der Waals surface area contributed by atoms with Crippen LogP contribution in [-0.2, 0) is 17.6 Å². The number of nitrogens with zero attached hydrogens (tertiary/aromatic N) is 1. The second-order valence-electron chi connectivity index (χ2n) is 5.42. The Morgan fingerprint density at radius 2 is 1.65 bits per heavy atom. The van der Waals surface area contributed by atoms with Crippen molar-refractivity contribution in [2.75, 3.05) is 27.7 Å². The van der Waals surface area contributed by atoms with Gasteiger partial charge in [0.1, 0.15) is 0 Å². The summed E-state index contributed by atoms with van der Waals surface area (Å²) in [7, 11) is 5.85. The fraction of sp³-hybridized carbons (Fsp3) is 0.353. The van der Waals surface area contributed by atoms with Crippen molar-refractivity contribution in [3.8, 4) is 0 Å². The minimum absolute atomic E-state index is 0.0481. The number of nitrogens with one attached hydrogen (secondary N) is 1. The van der Waals surface area contributed by atoms with E-state index in [-0.39, 0.29) is 5.91 Å². The van der Waals surface area contributed by atoms with Gasteiger partial charge in [0, 0.05) is 13.6 Å². The summed E-state index contributed by atoms with van der Waals surface area (Å²) in [4.78, 5) is 13.6. The van der Waals surface area contributed by atoms with Crippen LogP contribution in [0.15, 0.2) is 36.4 Å². The van der Waals surface area contributed by atoms with Crippen LogP contribution in [0.2, 0.25) is 0 Å². The van der Waals surface area contributed by atoms with Gasteiger partial charge in [-0.1, -0.05) is 36.4 Å². The number of hydrogen-bond donors (Lipinski definition) is 1. The highest BCUT2D eigenvalue weighted by molar-refractivity contribution is 5.86. The van der Waals surface area contributed by atoms with Gasteiger partial charge in [0.15, 0.2) is 0 Å². The van der Waals surface area contributed by atoms with Gasteiger partial charge >= 0.3 is 0 Å². The largest absolute Gasteiger partial charge is 0.359 e. The van der Waals surface area contributed by atoms with Crippen molar-refractivity contribution >= 4 is 16.7 Å². The molecule has 0 aromatic heterocycles. The minimum atomic E-state index is 0.0481. The molecule has 0 unspecified atom stereocenters. The van der Waals surface area contributed by atoms with Crippen molar-refractivity contribution in [1.82, 2.24) is 10.2 Å².